The molecule has 0 aromatic heterocycles. The number of hydrogen-bond acceptors (Lipinski definition) is 5. The van der Waals surface area contributed by atoms with Gasteiger partial charge in [-0.1, -0.05) is 54.6 Å². The van der Waals surface area contributed by atoms with Crippen LogP contribution in [-0.4, -0.2) is 44.5 Å². The van der Waals surface area contributed by atoms with Crippen LogP contribution in [0, 0.1) is 0 Å². The van der Waals surface area contributed by atoms with Crippen molar-refractivity contribution in [1.29, 1.82) is 0 Å². The number of ether oxygens (including phenoxy) is 1. The monoisotopic (exact) mass is 507 g/mol. The summed E-state index contributed by atoms with van der Waals surface area (Å²) in [5, 5.41) is 2.83. The molecule has 3 aromatic rings. The first-order valence-electron chi connectivity index (χ1n) is 11.7. The van der Waals surface area contributed by atoms with Gasteiger partial charge < -0.3 is 15.0 Å². The lowest BCUT2D eigenvalue weighted by Gasteiger charge is -2.24. The number of anilines is 1. The van der Waals surface area contributed by atoms with Crippen molar-refractivity contribution >= 4 is 27.5 Å². The van der Waals surface area contributed by atoms with Gasteiger partial charge >= 0.3 is 0 Å². The summed E-state index contributed by atoms with van der Waals surface area (Å²) in [6, 6.07) is 23.3. The van der Waals surface area contributed by atoms with Crippen molar-refractivity contribution in [1.82, 2.24) is 10.2 Å². The number of nitrogens with zero attached hydrogens (tertiary/aromatic N) is 2. The Hall–Kier alpha value is -3.85. The van der Waals surface area contributed by atoms with Crippen LogP contribution >= 0.6 is 0 Å². The average molecular weight is 508 g/mol. The Morgan fingerprint density at radius 2 is 1.64 bits per heavy atom. The van der Waals surface area contributed by atoms with Crippen LogP contribution in [0.3, 0.4) is 0 Å². The lowest BCUT2D eigenvalue weighted by molar-refractivity contribution is -0.128. The molecule has 1 aliphatic heterocycles. The molecule has 0 unspecified atom stereocenters. The minimum atomic E-state index is -3.79. The maximum Gasteiger partial charge on any atom is 0.241 e. The summed E-state index contributed by atoms with van der Waals surface area (Å²) >= 11 is 0. The van der Waals surface area contributed by atoms with E-state index in [1.54, 1.807) is 36.4 Å². The average Bonchev–Trinajstić information content (AvgIpc) is 3.26. The Bertz CT molecular complexity index is 1330. The highest BCUT2D eigenvalue weighted by molar-refractivity contribution is 7.92. The van der Waals surface area contributed by atoms with Gasteiger partial charge in [0, 0.05) is 26.1 Å². The van der Waals surface area contributed by atoms with Gasteiger partial charge in [-0.2, -0.15) is 0 Å². The molecule has 188 valence electrons. The Labute approximate surface area is 211 Å². The highest BCUT2D eigenvalue weighted by Crippen LogP contribution is 2.33. The van der Waals surface area contributed by atoms with E-state index in [9.17, 15) is 18.0 Å². The van der Waals surface area contributed by atoms with Crippen LogP contribution in [0.15, 0.2) is 78.9 Å². The van der Waals surface area contributed by atoms with Gasteiger partial charge in [0.25, 0.3) is 0 Å². The first-order valence-corrected chi connectivity index (χ1v) is 13.6. The summed E-state index contributed by atoms with van der Waals surface area (Å²) in [6.45, 7) is 1.04. The molecular weight excluding hydrogens is 478 g/mol. The van der Waals surface area contributed by atoms with E-state index in [4.69, 9.17) is 4.74 Å². The summed E-state index contributed by atoms with van der Waals surface area (Å²) in [5.74, 6) is 0.550. The number of nitrogens with one attached hydrogen (secondary N) is 1. The molecule has 0 bridgehead atoms. The van der Waals surface area contributed by atoms with Crippen LogP contribution in [0.2, 0.25) is 0 Å². The van der Waals surface area contributed by atoms with Crippen LogP contribution in [-0.2, 0) is 32.7 Å². The fourth-order valence-electron chi connectivity index (χ4n) is 4.09. The molecule has 0 saturated carbocycles. The van der Waals surface area contributed by atoms with E-state index in [2.05, 4.69) is 5.32 Å². The third-order valence-electron chi connectivity index (χ3n) is 5.92. The Morgan fingerprint density at radius 1 is 0.972 bits per heavy atom. The summed E-state index contributed by atoms with van der Waals surface area (Å²) < 4.78 is 32.3. The van der Waals surface area contributed by atoms with Crippen LogP contribution in [0.4, 0.5) is 5.69 Å². The van der Waals surface area contributed by atoms with Gasteiger partial charge in [-0.15, -0.1) is 0 Å². The van der Waals surface area contributed by atoms with Gasteiger partial charge in [0.05, 0.1) is 11.9 Å². The molecule has 8 nitrogen and oxygen atoms in total. The van der Waals surface area contributed by atoms with Gasteiger partial charge in [0.1, 0.15) is 12.3 Å². The van der Waals surface area contributed by atoms with Crippen molar-refractivity contribution in [3.05, 3.63) is 90.0 Å². The van der Waals surface area contributed by atoms with Crippen molar-refractivity contribution in [2.75, 3.05) is 23.7 Å². The van der Waals surface area contributed by atoms with Crippen molar-refractivity contribution in [3.8, 4) is 11.5 Å². The molecule has 1 saturated heterocycles. The van der Waals surface area contributed by atoms with E-state index in [0.29, 0.717) is 24.5 Å². The highest BCUT2D eigenvalue weighted by Gasteiger charge is 2.25. The fraction of sp³-hybridized carbons (Fsp3) is 0.259. The second-order valence-corrected chi connectivity index (χ2v) is 10.5. The Balaban J connectivity index is 1.47. The molecular formula is C27H29N3O5S. The van der Waals surface area contributed by atoms with Crippen LogP contribution in [0.1, 0.15) is 24.0 Å². The van der Waals surface area contributed by atoms with Crippen LogP contribution < -0.4 is 14.4 Å². The number of sulfonamides is 1. The molecule has 36 heavy (non-hydrogen) atoms. The Kier molecular flexibility index (Phi) is 7.90. The van der Waals surface area contributed by atoms with Crippen molar-refractivity contribution in [2.45, 2.75) is 25.9 Å². The van der Waals surface area contributed by atoms with E-state index in [-0.39, 0.29) is 18.1 Å². The predicted molar refractivity (Wildman–Crippen MR) is 138 cm³/mol. The van der Waals surface area contributed by atoms with E-state index < -0.39 is 22.5 Å². The van der Waals surface area contributed by atoms with Crippen LogP contribution in [0.25, 0.3) is 0 Å². The zero-order valence-electron chi connectivity index (χ0n) is 20.1. The number of carbonyl (C=O) groups excluding carboxylic acids is 2. The van der Waals surface area contributed by atoms with Crippen molar-refractivity contribution in [2.24, 2.45) is 0 Å². The second kappa shape index (κ2) is 11.3. The molecule has 1 N–H and O–H groups in total. The zero-order chi connectivity index (χ0) is 25.5. The standard InChI is InChI=1S/C27H29N3O5S/c1-36(33,34)30(24-14-7-8-15-25(24)35-23-12-3-2-4-13-23)20-26(31)28-18-21-10-5-6-11-22(21)19-29-17-9-16-27(29)32/h2-8,10-15H,9,16-20H2,1H3,(H,28,31). The van der Waals surface area contributed by atoms with Gasteiger partial charge in [-0.25, -0.2) is 8.42 Å². The quantitative estimate of drug-likeness (QED) is 0.452. The van der Waals surface area contributed by atoms with Gasteiger partial charge in [0.15, 0.2) is 5.75 Å². The molecule has 0 spiro atoms. The van der Waals surface area contributed by atoms with E-state index in [1.165, 1.54) is 0 Å². The summed E-state index contributed by atoms with van der Waals surface area (Å²) in [5.41, 5.74) is 2.10. The maximum atomic E-state index is 12.9. The third kappa shape index (κ3) is 6.42. The SMILES string of the molecule is CS(=O)(=O)N(CC(=O)NCc1ccccc1CN1CCCC1=O)c1ccccc1Oc1ccccc1. The fourth-order valence-corrected chi connectivity index (χ4v) is 4.95. The van der Waals surface area contributed by atoms with Crippen molar-refractivity contribution in [3.63, 3.8) is 0 Å². The van der Waals surface area contributed by atoms with Crippen molar-refractivity contribution < 1.29 is 22.7 Å². The third-order valence-corrected chi connectivity index (χ3v) is 7.05. The summed E-state index contributed by atoms with van der Waals surface area (Å²) in [6.07, 6.45) is 2.48. The summed E-state index contributed by atoms with van der Waals surface area (Å²) in [7, 11) is -3.79. The normalized spacial score (nSPS) is 13.5. The largest absolute Gasteiger partial charge is 0.455 e. The first-order chi connectivity index (χ1) is 17.3. The van der Waals surface area contributed by atoms with Gasteiger partial charge in [-0.3, -0.25) is 13.9 Å². The molecule has 4 rings (SSSR count). The van der Waals surface area contributed by atoms with E-state index >= 15 is 0 Å². The molecule has 0 atom stereocenters. The van der Waals surface area contributed by atoms with Gasteiger partial charge in [0.2, 0.25) is 21.8 Å². The lowest BCUT2D eigenvalue weighted by Crippen LogP contribution is -2.40. The predicted octanol–water partition coefficient (Wildman–Crippen LogP) is 3.68. The first kappa shape index (κ1) is 25.2. The van der Waals surface area contributed by atoms with E-state index in [1.807, 2.05) is 47.4 Å². The number of hydrogen-bond donors (Lipinski definition) is 1. The lowest BCUT2D eigenvalue weighted by atomic mass is 10.1. The zero-order valence-corrected chi connectivity index (χ0v) is 20.9. The number of benzene rings is 3. The topological polar surface area (TPSA) is 96.0 Å². The molecule has 1 heterocycles. The van der Waals surface area contributed by atoms with Crippen LogP contribution in [0.5, 0.6) is 11.5 Å². The molecule has 1 fully saturated rings. The molecule has 3 aromatic carbocycles. The van der Waals surface area contributed by atoms with E-state index in [0.717, 1.165) is 34.7 Å². The minimum absolute atomic E-state index is 0.133. The maximum absolute atomic E-state index is 12.9. The number of carbonyl (C=O) groups is 2. The number of amides is 2. The Morgan fingerprint density at radius 3 is 2.33 bits per heavy atom. The molecule has 1 aliphatic rings. The summed E-state index contributed by atoms with van der Waals surface area (Å²) in [4.78, 5) is 26.7. The number of likely N-dealkylation sites (tertiary alicyclic amines) is 1. The smallest absolute Gasteiger partial charge is 0.241 e. The number of rotatable bonds is 10. The second-order valence-electron chi connectivity index (χ2n) is 8.62. The molecule has 0 radical (unpaired) electrons. The molecule has 0 aliphatic carbocycles. The molecule has 2 amide bonds. The molecule has 9 heteroatoms. The number of para-hydroxylation sites is 3. The minimum Gasteiger partial charge on any atom is -0.455 e. The highest BCUT2D eigenvalue weighted by atomic mass is 32.2. The van der Waals surface area contributed by atoms with Gasteiger partial charge in [-0.05, 0) is 41.8 Å².